The second-order valence-corrected chi connectivity index (χ2v) is 6.72. The fourth-order valence-electron chi connectivity index (χ4n) is 2.73. The lowest BCUT2D eigenvalue weighted by molar-refractivity contribution is 0.0303. The number of benzene rings is 1. The molecule has 1 aliphatic rings. The van der Waals surface area contributed by atoms with Crippen LogP contribution >= 0.6 is 15.9 Å². The van der Waals surface area contributed by atoms with Crippen molar-refractivity contribution in [3.63, 3.8) is 0 Å². The molecule has 2 aromatic heterocycles. The molecule has 26 heavy (non-hydrogen) atoms. The molecule has 1 saturated heterocycles. The molecule has 0 bridgehead atoms. The van der Waals surface area contributed by atoms with Gasteiger partial charge in [0.2, 0.25) is 5.82 Å². The molecular weight excluding hydrogens is 400 g/mol. The standard InChI is InChI=1S/C18H15BrN4O3/c19-15-9-14(10-20-11-15)17-21-16(22-26-17)12-2-1-3-13(8-12)18(24)23-4-6-25-7-5-23/h1-3,8-11H,4-7H2. The lowest BCUT2D eigenvalue weighted by atomic mass is 10.1. The van der Waals surface area contributed by atoms with E-state index in [4.69, 9.17) is 9.26 Å². The van der Waals surface area contributed by atoms with Crippen LogP contribution in [0.2, 0.25) is 0 Å². The minimum atomic E-state index is -0.0185. The summed E-state index contributed by atoms with van der Waals surface area (Å²) in [5.41, 5.74) is 2.04. The highest BCUT2D eigenvalue weighted by atomic mass is 79.9. The Labute approximate surface area is 158 Å². The van der Waals surface area contributed by atoms with Crippen molar-refractivity contribution in [2.45, 2.75) is 0 Å². The fourth-order valence-corrected chi connectivity index (χ4v) is 3.09. The third kappa shape index (κ3) is 3.51. The smallest absolute Gasteiger partial charge is 0.259 e. The molecule has 132 valence electrons. The van der Waals surface area contributed by atoms with Crippen LogP contribution in [-0.4, -0.2) is 52.2 Å². The first-order valence-electron chi connectivity index (χ1n) is 8.13. The van der Waals surface area contributed by atoms with Crippen LogP contribution < -0.4 is 0 Å². The van der Waals surface area contributed by atoms with E-state index in [-0.39, 0.29) is 5.91 Å². The summed E-state index contributed by atoms with van der Waals surface area (Å²) >= 11 is 3.37. The van der Waals surface area contributed by atoms with E-state index < -0.39 is 0 Å². The van der Waals surface area contributed by atoms with Gasteiger partial charge in [0.1, 0.15) is 0 Å². The molecule has 0 aliphatic carbocycles. The Morgan fingerprint density at radius 1 is 1.12 bits per heavy atom. The topological polar surface area (TPSA) is 81.3 Å². The highest BCUT2D eigenvalue weighted by molar-refractivity contribution is 9.10. The number of morpholine rings is 1. The van der Waals surface area contributed by atoms with Crippen molar-refractivity contribution < 1.29 is 14.1 Å². The van der Waals surface area contributed by atoms with Crippen molar-refractivity contribution >= 4 is 21.8 Å². The van der Waals surface area contributed by atoms with Crippen LogP contribution in [0.3, 0.4) is 0 Å². The first-order chi connectivity index (χ1) is 12.7. The van der Waals surface area contributed by atoms with E-state index in [0.29, 0.717) is 43.6 Å². The number of amides is 1. The average Bonchev–Trinajstić information content (AvgIpc) is 3.19. The summed E-state index contributed by atoms with van der Waals surface area (Å²) in [6.07, 6.45) is 3.34. The monoisotopic (exact) mass is 414 g/mol. The van der Waals surface area contributed by atoms with Crippen LogP contribution in [0.1, 0.15) is 10.4 Å². The molecule has 4 rings (SSSR count). The van der Waals surface area contributed by atoms with Crippen LogP contribution in [0.4, 0.5) is 0 Å². The third-order valence-electron chi connectivity index (χ3n) is 4.04. The van der Waals surface area contributed by atoms with Crippen molar-refractivity contribution in [2.24, 2.45) is 0 Å². The molecule has 1 aromatic carbocycles. The molecule has 0 spiro atoms. The first-order valence-corrected chi connectivity index (χ1v) is 8.92. The van der Waals surface area contributed by atoms with Crippen LogP contribution in [0, 0.1) is 0 Å². The number of rotatable bonds is 3. The third-order valence-corrected chi connectivity index (χ3v) is 4.48. The van der Waals surface area contributed by atoms with Gasteiger partial charge in [-0.25, -0.2) is 0 Å². The molecule has 7 nitrogen and oxygen atoms in total. The highest BCUT2D eigenvalue weighted by Crippen LogP contribution is 2.24. The number of halogens is 1. The zero-order valence-corrected chi connectivity index (χ0v) is 15.3. The van der Waals surface area contributed by atoms with Gasteiger partial charge in [-0.1, -0.05) is 17.3 Å². The van der Waals surface area contributed by atoms with Crippen molar-refractivity contribution in [3.05, 3.63) is 52.8 Å². The SMILES string of the molecule is O=C(c1cccc(-c2noc(-c3cncc(Br)c3)n2)c1)N1CCOCC1. The maximum Gasteiger partial charge on any atom is 0.259 e. The van der Waals surface area contributed by atoms with Gasteiger partial charge >= 0.3 is 0 Å². The lowest BCUT2D eigenvalue weighted by Crippen LogP contribution is -2.40. The van der Waals surface area contributed by atoms with E-state index in [0.717, 1.165) is 15.6 Å². The van der Waals surface area contributed by atoms with Crippen molar-refractivity contribution in [3.8, 4) is 22.8 Å². The number of carbonyl (C=O) groups is 1. The molecule has 1 fully saturated rings. The van der Waals surface area contributed by atoms with Gasteiger partial charge in [0.15, 0.2) is 0 Å². The number of aromatic nitrogens is 3. The number of nitrogens with zero attached hydrogens (tertiary/aromatic N) is 4. The van der Waals surface area contributed by atoms with Gasteiger partial charge < -0.3 is 14.2 Å². The van der Waals surface area contributed by atoms with Crippen molar-refractivity contribution in [2.75, 3.05) is 26.3 Å². The Bertz CT molecular complexity index is 937. The Kier molecular flexibility index (Phi) is 4.77. The zero-order chi connectivity index (χ0) is 17.9. The molecule has 0 radical (unpaired) electrons. The summed E-state index contributed by atoms with van der Waals surface area (Å²) in [6, 6.07) is 9.10. The highest BCUT2D eigenvalue weighted by Gasteiger charge is 2.19. The molecule has 8 heteroatoms. The summed E-state index contributed by atoms with van der Waals surface area (Å²) in [7, 11) is 0. The van der Waals surface area contributed by atoms with Crippen molar-refractivity contribution in [1.82, 2.24) is 20.0 Å². The summed E-state index contributed by atoms with van der Waals surface area (Å²) < 4.78 is 11.5. The Balaban J connectivity index is 1.60. The van der Waals surface area contributed by atoms with E-state index in [1.54, 1.807) is 29.4 Å². The molecule has 0 unspecified atom stereocenters. The average molecular weight is 415 g/mol. The van der Waals surface area contributed by atoms with Crippen LogP contribution in [-0.2, 0) is 4.74 Å². The Morgan fingerprint density at radius 3 is 2.77 bits per heavy atom. The summed E-state index contributed by atoms with van der Waals surface area (Å²) in [4.78, 5) is 22.9. The summed E-state index contributed by atoms with van der Waals surface area (Å²) in [5, 5.41) is 4.03. The van der Waals surface area contributed by atoms with E-state index in [9.17, 15) is 4.79 Å². The molecule has 0 saturated carbocycles. The normalized spacial score (nSPS) is 14.4. The largest absolute Gasteiger partial charge is 0.378 e. The number of ether oxygens (including phenoxy) is 1. The lowest BCUT2D eigenvalue weighted by Gasteiger charge is -2.26. The maximum absolute atomic E-state index is 12.6. The quantitative estimate of drug-likeness (QED) is 0.654. The molecule has 0 N–H and O–H groups in total. The van der Waals surface area contributed by atoms with Gasteiger partial charge in [0, 0.05) is 41.1 Å². The minimum Gasteiger partial charge on any atom is -0.378 e. The predicted molar refractivity (Wildman–Crippen MR) is 97.4 cm³/mol. The van der Waals surface area contributed by atoms with Gasteiger partial charge in [-0.3, -0.25) is 9.78 Å². The minimum absolute atomic E-state index is 0.0185. The number of hydrogen-bond donors (Lipinski definition) is 0. The number of hydrogen-bond acceptors (Lipinski definition) is 6. The van der Waals surface area contributed by atoms with Gasteiger partial charge in [-0.2, -0.15) is 4.98 Å². The Hall–Kier alpha value is -2.58. The van der Waals surface area contributed by atoms with Gasteiger partial charge in [0.25, 0.3) is 11.8 Å². The molecule has 1 aliphatic heterocycles. The van der Waals surface area contributed by atoms with Crippen LogP contribution in [0.25, 0.3) is 22.8 Å². The molecule has 1 amide bonds. The maximum atomic E-state index is 12.6. The van der Waals surface area contributed by atoms with E-state index in [1.165, 1.54) is 0 Å². The summed E-state index contributed by atoms with van der Waals surface area (Å²) in [6.45, 7) is 2.34. The second kappa shape index (κ2) is 7.35. The molecule has 3 aromatic rings. The fraction of sp³-hybridized carbons (Fsp3) is 0.222. The molecule has 3 heterocycles. The number of pyridine rings is 1. The van der Waals surface area contributed by atoms with Gasteiger partial charge in [-0.05, 0) is 34.1 Å². The van der Waals surface area contributed by atoms with Crippen molar-refractivity contribution in [1.29, 1.82) is 0 Å². The predicted octanol–water partition coefficient (Wildman–Crippen LogP) is 3.03. The summed E-state index contributed by atoms with van der Waals surface area (Å²) in [5.74, 6) is 0.783. The van der Waals surface area contributed by atoms with E-state index in [2.05, 4.69) is 31.1 Å². The van der Waals surface area contributed by atoms with E-state index in [1.807, 2.05) is 18.2 Å². The first kappa shape index (κ1) is 16.9. The second-order valence-electron chi connectivity index (χ2n) is 5.80. The van der Waals surface area contributed by atoms with Crippen LogP contribution in [0.15, 0.2) is 51.7 Å². The molecule has 0 atom stereocenters. The van der Waals surface area contributed by atoms with Gasteiger partial charge in [-0.15, -0.1) is 0 Å². The zero-order valence-electron chi connectivity index (χ0n) is 13.8. The number of carbonyl (C=O) groups excluding carboxylic acids is 1. The molecular formula is C18H15BrN4O3. The van der Waals surface area contributed by atoms with Crippen LogP contribution in [0.5, 0.6) is 0 Å². The Morgan fingerprint density at radius 2 is 1.96 bits per heavy atom. The van der Waals surface area contributed by atoms with Gasteiger partial charge in [0.05, 0.1) is 18.8 Å². The van der Waals surface area contributed by atoms with E-state index >= 15 is 0 Å².